The van der Waals surface area contributed by atoms with Crippen LogP contribution in [0.3, 0.4) is 0 Å². The normalized spacial score (nSPS) is 14.6. The summed E-state index contributed by atoms with van der Waals surface area (Å²) in [6, 6.07) is 62.3. The van der Waals surface area contributed by atoms with Gasteiger partial charge in [0.1, 0.15) is 23.2 Å². The van der Waals surface area contributed by atoms with Crippen LogP contribution in [0.1, 0.15) is 22.9 Å². The molecule has 0 saturated heterocycles. The van der Waals surface area contributed by atoms with Crippen LogP contribution in [-0.2, 0) is 0 Å². The van der Waals surface area contributed by atoms with Gasteiger partial charge in [-0.1, -0.05) is 146 Å². The number of hydrogen-bond acceptors (Lipinski definition) is 4. The molecule has 0 amide bonds. The van der Waals surface area contributed by atoms with Crippen molar-refractivity contribution in [3.05, 3.63) is 193 Å². The highest BCUT2D eigenvalue weighted by molar-refractivity contribution is 6.18. The third kappa shape index (κ3) is 4.91. The lowest BCUT2D eigenvalue weighted by atomic mass is 9.98. The summed E-state index contributed by atoms with van der Waals surface area (Å²) in [5.74, 6) is 1.47. The number of aliphatic imine (C=N–C) groups is 2. The van der Waals surface area contributed by atoms with Gasteiger partial charge in [-0.05, 0) is 84.5 Å². The van der Waals surface area contributed by atoms with Gasteiger partial charge in [-0.3, -0.25) is 0 Å². The second kappa shape index (κ2) is 11.8. The first-order valence-electron chi connectivity index (χ1n) is 18.0. The molecule has 1 N–H and O–H groups in total. The van der Waals surface area contributed by atoms with Crippen molar-refractivity contribution in [3.8, 4) is 11.1 Å². The maximum atomic E-state index is 6.54. The van der Waals surface area contributed by atoms with Crippen LogP contribution < -0.4 is 5.32 Å². The zero-order chi connectivity index (χ0) is 34.9. The molecule has 11 rings (SSSR count). The van der Waals surface area contributed by atoms with Crippen LogP contribution in [0, 0.1) is 0 Å². The number of nitrogens with zero attached hydrogens (tertiary/aromatic N) is 2. The highest BCUT2D eigenvalue weighted by Gasteiger charge is 2.25. The molecule has 0 bridgehead atoms. The summed E-state index contributed by atoms with van der Waals surface area (Å²) in [5.41, 5.74) is 6.98. The molecule has 4 nitrogen and oxygen atoms in total. The molecule has 53 heavy (non-hydrogen) atoms. The molecule has 1 aliphatic rings. The monoisotopic (exact) mass is 677 g/mol. The molecule has 2 heterocycles. The SMILES string of the molecule is c1ccc(-c2ccc3c(c2)oc2cccc(C4N=C(c5ccc6ccc7ccccc7c6c5)N=C(c5ccc6ccc7ccccc7c6c5)N4)c23)cc1. The lowest BCUT2D eigenvalue weighted by molar-refractivity contribution is 0.662. The van der Waals surface area contributed by atoms with Crippen molar-refractivity contribution < 1.29 is 4.42 Å². The van der Waals surface area contributed by atoms with Crippen LogP contribution in [0.15, 0.2) is 190 Å². The lowest BCUT2D eigenvalue weighted by Crippen LogP contribution is -2.33. The minimum Gasteiger partial charge on any atom is -0.456 e. The lowest BCUT2D eigenvalue weighted by Gasteiger charge is -2.24. The predicted octanol–water partition coefficient (Wildman–Crippen LogP) is 12.4. The van der Waals surface area contributed by atoms with Crippen molar-refractivity contribution in [1.29, 1.82) is 0 Å². The van der Waals surface area contributed by atoms with Gasteiger partial charge in [0, 0.05) is 27.5 Å². The minimum atomic E-state index is -0.415. The van der Waals surface area contributed by atoms with E-state index in [0.29, 0.717) is 5.84 Å². The first kappa shape index (κ1) is 29.7. The van der Waals surface area contributed by atoms with Gasteiger partial charge < -0.3 is 9.73 Å². The van der Waals surface area contributed by atoms with E-state index in [1.165, 1.54) is 43.1 Å². The van der Waals surface area contributed by atoms with E-state index < -0.39 is 6.17 Å². The average molecular weight is 678 g/mol. The zero-order valence-electron chi connectivity index (χ0n) is 28.6. The Morgan fingerprint density at radius 1 is 0.415 bits per heavy atom. The van der Waals surface area contributed by atoms with Gasteiger partial charge in [-0.25, -0.2) is 9.98 Å². The van der Waals surface area contributed by atoms with E-state index in [4.69, 9.17) is 14.4 Å². The number of rotatable bonds is 4. The van der Waals surface area contributed by atoms with Crippen molar-refractivity contribution in [2.75, 3.05) is 0 Å². The summed E-state index contributed by atoms with van der Waals surface area (Å²) >= 11 is 0. The fraction of sp³-hybridized carbons (Fsp3) is 0.0204. The molecule has 4 heteroatoms. The fourth-order valence-electron chi connectivity index (χ4n) is 8.07. The Labute approximate surface area is 305 Å². The molecular weight excluding hydrogens is 647 g/mol. The van der Waals surface area contributed by atoms with Crippen molar-refractivity contribution in [1.82, 2.24) is 5.32 Å². The van der Waals surface area contributed by atoms with E-state index in [0.717, 1.165) is 55.6 Å². The summed E-state index contributed by atoms with van der Waals surface area (Å²) < 4.78 is 6.54. The zero-order valence-corrected chi connectivity index (χ0v) is 28.6. The van der Waals surface area contributed by atoms with E-state index in [-0.39, 0.29) is 0 Å². The molecule has 1 unspecified atom stereocenters. The fourth-order valence-corrected chi connectivity index (χ4v) is 8.07. The number of amidine groups is 2. The number of benzene rings is 9. The number of fused-ring (bicyclic) bond motifs is 9. The number of hydrogen-bond donors (Lipinski definition) is 1. The van der Waals surface area contributed by atoms with Crippen LogP contribution in [0.5, 0.6) is 0 Å². The molecule has 1 atom stereocenters. The van der Waals surface area contributed by atoms with Crippen molar-refractivity contribution in [3.63, 3.8) is 0 Å². The molecule has 0 aliphatic carbocycles. The molecule has 1 aliphatic heterocycles. The van der Waals surface area contributed by atoms with Crippen molar-refractivity contribution >= 4 is 76.7 Å². The van der Waals surface area contributed by atoms with Gasteiger partial charge in [-0.2, -0.15) is 0 Å². The Balaban J connectivity index is 1.10. The van der Waals surface area contributed by atoms with Crippen LogP contribution >= 0.6 is 0 Å². The summed E-state index contributed by atoms with van der Waals surface area (Å²) in [5, 5.41) is 15.5. The molecule has 9 aromatic carbocycles. The Morgan fingerprint density at radius 2 is 1.02 bits per heavy atom. The maximum Gasteiger partial charge on any atom is 0.159 e. The van der Waals surface area contributed by atoms with Gasteiger partial charge in [-0.15, -0.1) is 0 Å². The first-order valence-corrected chi connectivity index (χ1v) is 18.0. The largest absolute Gasteiger partial charge is 0.456 e. The molecule has 0 radical (unpaired) electrons. The van der Waals surface area contributed by atoms with E-state index in [1.54, 1.807) is 0 Å². The van der Waals surface area contributed by atoms with Crippen molar-refractivity contribution in [2.24, 2.45) is 9.98 Å². The van der Waals surface area contributed by atoms with Crippen LogP contribution in [0.4, 0.5) is 0 Å². The Bertz CT molecular complexity index is 3150. The van der Waals surface area contributed by atoms with Gasteiger partial charge in [0.15, 0.2) is 5.84 Å². The van der Waals surface area contributed by atoms with Gasteiger partial charge >= 0.3 is 0 Å². The molecule has 0 saturated carbocycles. The van der Waals surface area contributed by atoms with Crippen LogP contribution in [-0.4, -0.2) is 11.7 Å². The van der Waals surface area contributed by atoms with E-state index in [1.807, 2.05) is 12.1 Å². The Hall–Kier alpha value is -7.04. The van der Waals surface area contributed by atoms with Crippen LogP contribution in [0.25, 0.3) is 76.2 Å². The molecule has 10 aromatic rings. The second-order valence-corrected chi connectivity index (χ2v) is 13.8. The quantitative estimate of drug-likeness (QED) is 0.189. The van der Waals surface area contributed by atoms with E-state index in [2.05, 4.69) is 169 Å². The highest BCUT2D eigenvalue weighted by atomic mass is 16.3. The molecule has 248 valence electrons. The molecule has 0 spiro atoms. The second-order valence-electron chi connectivity index (χ2n) is 13.8. The smallest absolute Gasteiger partial charge is 0.159 e. The summed E-state index contributed by atoms with van der Waals surface area (Å²) in [6.45, 7) is 0. The molecule has 1 aromatic heterocycles. The van der Waals surface area contributed by atoms with Gasteiger partial charge in [0.05, 0.1) is 0 Å². The van der Waals surface area contributed by atoms with E-state index >= 15 is 0 Å². The number of furan rings is 1. The highest BCUT2D eigenvalue weighted by Crippen LogP contribution is 2.38. The third-order valence-corrected chi connectivity index (χ3v) is 10.7. The van der Waals surface area contributed by atoms with E-state index in [9.17, 15) is 0 Å². The van der Waals surface area contributed by atoms with Gasteiger partial charge in [0.25, 0.3) is 0 Å². The number of nitrogens with one attached hydrogen (secondary N) is 1. The predicted molar refractivity (Wildman–Crippen MR) is 221 cm³/mol. The van der Waals surface area contributed by atoms with Crippen LogP contribution in [0.2, 0.25) is 0 Å². The maximum absolute atomic E-state index is 6.54. The molecule has 0 fully saturated rings. The standard InChI is InChI=1S/C49H31N3O/c1-2-9-30(10-3-1)35-25-26-40-45(29-35)53-44-16-8-15-41(46(40)44)49-51-47(36-23-21-33-19-17-31-11-4-6-13-38(31)42(33)27-36)50-48(52-49)37-24-22-34-20-18-32-12-5-7-14-39(32)43(34)28-37/h1-29,49H,(H,50,51,52). The average Bonchev–Trinajstić information content (AvgIpc) is 3.61. The Morgan fingerprint density at radius 3 is 1.75 bits per heavy atom. The topological polar surface area (TPSA) is 49.9 Å². The Kier molecular flexibility index (Phi) is 6.58. The van der Waals surface area contributed by atoms with Crippen molar-refractivity contribution in [2.45, 2.75) is 6.17 Å². The third-order valence-electron chi connectivity index (χ3n) is 10.7. The molecular formula is C49H31N3O. The van der Waals surface area contributed by atoms with Gasteiger partial charge in [0.2, 0.25) is 0 Å². The first-order chi connectivity index (χ1) is 26.2. The summed E-state index contributed by atoms with van der Waals surface area (Å²) in [6.07, 6.45) is -0.415. The summed E-state index contributed by atoms with van der Waals surface area (Å²) in [7, 11) is 0. The summed E-state index contributed by atoms with van der Waals surface area (Å²) in [4.78, 5) is 10.7. The minimum absolute atomic E-state index is 0.415.